The van der Waals surface area contributed by atoms with Gasteiger partial charge < -0.3 is 9.88 Å². The lowest BCUT2D eigenvalue weighted by atomic mass is 10.1. The molecule has 1 N–H and O–H groups in total. The summed E-state index contributed by atoms with van der Waals surface area (Å²) in [5.41, 5.74) is 0.0399. The fraction of sp³-hybridized carbons (Fsp3) is 0.381. The Labute approximate surface area is 199 Å². The van der Waals surface area contributed by atoms with Crippen molar-refractivity contribution in [2.45, 2.75) is 32.0 Å². The van der Waals surface area contributed by atoms with E-state index in [0.29, 0.717) is 43.4 Å². The van der Waals surface area contributed by atoms with E-state index in [1.54, 1.807) is 13.0 Å². The Morgan fingerprint density at radius 3 is 2.49 bits per heavy atom. The number of piperidine rings is 1. The fourth-order valence-corrected chi connectivity index (χ4v) is 4.70. The molecule has 0 radical (unpaired) electrons. The number of halogens is 3. The monoisotopic (exact) mass is 506 g/mol. The summed E-state index contributed by atoms with van der Waals surface area (Å²) in [6.45, 7) is 2.35. The number of hydrogen-bond acceptors (Lipinski definition) is 8. The van der Waals surface area contributed by atoms with Gasteiger partial charge in [0.2, 0.25) is 16.0 Å². The molecule has 1 saturated heterocycles. The quantitative estimate of drug-likeness (QED) is 0.559. The average Bonchev–Trinajstić information content (AvgIpc) is 3.28. The Morgan fingerprint density at radius 2 is 1.89 bits per heavy atom. The number of anilines is 1. The van der Waals surface area contributed by atoms with Crippen molar-refractivity contribution in [1.82, 2.24) is 28.8 Å². The number of hydrogen-bond donors (Lipinski definition) is 1. The van der Waals surface area contributed by atoms with Crippen LogP contribution in [-0.4, -0.2) is 62.6 Å². The van der Waals surface area contributed by atoms with E-state index in [1.807, 2.05) is 6.07 Å². The number of pyridine rings is 1. The first-order chi connectivity index (χ1) is 16.5. The topological polar surface area (TPSA) is 130 Å². The van der Waals surface area contributed by atoms with Gasteiger partial charge in [-0.1, -0.05) is 0 Å². The van der Waals surface area contributed by atoms with Crippen molar-refractivity contribution in [2.24, 2.45) is 0 Å². The van der Waals surface area contributed by atoms with Crippen molar-refractivity contribution in [2.75, 3.05) is 24.7 Å². The van der Waals surface area contributed by atoms with Gasteiger partial charge in [0.1, 0.15) is 35.0 Å². The highest BCUT2D eigenvalue weighted by Gasteiger charge is 2.36. The van der Waals surface area contributed by atoms with Gasteiger partial charge in [-0.15, -0.1) is 0 Å². The van der Waals surface area contributed by atoms with Crippen LogP contribution in [0.2, 0.25) is 0 Å². The Balaban J connectivity index is 1.62. The molecule has 0 aliphatic carbocycles. The third-order valence-corrected chi connectivity index (χ3v) is 6.95. The normalized spacial score (nSPS) is 15.7. The highest BCUT2D eigenvalue weighted by molar-refractivity contribution is 7.88. The van der Waals surface area contributed by atoms with E-state index in [2.05, 4.69) is 25.3 Å². The van der Waals surface area contributed by atoms with Gasteiger partial charge in [-0.05, 0) is 31.4 Å². The van der Waals surface area contributed by atoms with Crippen LogP contribution in [-0.2, 0) is 16.2 Å². The molecule has 1 aliphatic heterocycles. The molecule has 0 atom stereocenters. The van der Waals surface area contributed by atoms with Crippen LogP contribution in [0.15, 0.2) is 31.0 Å². The number of nitriles is 1. The first kappa shape index (κ1) is 24.6. The van der Waals surface area contributed by atoms with Gasteiger partial charge in [-0.2, -0.15) is 18.4 Å². The van der Waals surface area contributed by atoms with E-state index in [4.69, 9.17) is 5.26 Å². The molecule has 1 fully saturated rings. The molecule has 0 bridgehead atoms. The molecule has 0 spiro atoms. The summed E-state index contributed by atoms with van der Waals surface area (Å²) in [5, 5.41) is 12.0. The SMILES string of the molecule is Cc1cc(C#N)ncc1-n1cnc(-c2nc(NC3CCN(S(C)(=O)=O)CC3)ncc2C(F)(F)F)c1. The van der Waals surface area contributed by atoms with E-state index >= 15 is 0 Å². The molecule has 4 rings (SSSR count). The number of imidazole rings is 1. The highest BCUT2D eigenvalue weighted by Crippen LogP contribution is 2.36. The van der Waals surface area contributed by atoms with Crippen LogP contribution in [0, 0.1) is 18.3 Å². The predicted molar refractivity (Wildman–Crippen MR) is 120 cm³/mol. The van der Waals surface area contributed by atoms with Crippen LogP contribution in [0.25, 0.3) is 17.1 Å². The van der Waals surface area contributed by atoms with Crippen molar-refractivity contribution in [3.05, 3.63) is 47.8 Å². The molecular weight excluding hydrogens is 485 g/mol. The lowest BCUT2D eigenvalue weighted by Crippen LogP contribution is -2.42. The number of nitrogens with one attached hydrogen (secondary N) is 1. The maximum Gasteiger partial charge on any atom is 0.420 e. The van der Waals surface area contributed by atoms with Crippen molar-refractivity contribution < 1.29 is 21.6 Å². The van der Waals surface area contributed by atoms with Crippen LogP contribution in [0.3, 0.4) is 0 Å². The van der Waals surface area contributed by atoms with Gasteiger partial charge in [0.05, 0.1) is 18.1 Å². The Bertz CT molecular complexity index is 1390. The number of nitrogens with zero attached hydrogens (tertiary/aromatic N) is 7. The minimum absolute atomic E-state index is 0.00317. The minimum Gasteiger partial charge on any atom is -0.351 e. The molecule has 10 nitrogen and oxygen atoms in total. The van der Waals surface area contributed by atoms with Gasteiger partial charge in [-0.3, -0.25) is 0 Å². The highest BCUT2D eigenvalue weighted by atomic mass is 32.2. The summed E-state index contributed by atoms with van der Waals surface area (Å²) in [6, 6.07) is 3.31. The summed E-state index contributed by atoms with van der Waals surface area (Å²) in [6.07, 6.45) is 2.27. The molecule has 0 amide bonds. The largest absolute Gasteiger partial charge is 0.420 e. The molecule has 35 heavy (non-hydrogen) atoms. The molecule has 184 valence electrons. The van der Waals surface area contributed by atoms with Crippen LogP contribution in [0.1, 0.15) is 29.7 Å². The molecular formula is C21H21F3N8O2S. The summed E-state index contributed by atoms with van der Waals surface area (Å²) < 4.78 is 67.4. The first-order valence-electron chi connectivity index (χ1n) is 10.5. The number of rotatable bonds is 5. The second kappa shape index (κ2) is 9.23. The smallest absolute Gasteiger partial charge is 0.351 e. The number of alkyl halides is 3. The van der Waals surface area contributed by atoms with Crippen molar-refractivity contribution in [1.29, 1.82) is 5.26 Å². The second-order valence-corrected chi connectivity index (χ2v) is 10.2. The van der Waals surface area contributed by atoms with E-state index in [1.165, 1.54) is 27.6 Å². The van der Waals surface area contributed by atoms with Crippen LogP contribution >= 0.6 is 0 Å². The van der Waals surface area contributed by atoms with E-state index in [9.17, 15) is 21.6 Å². The maximum atomic E-state index is 13.7. The summed E-state index contributed by atoms with van der Waals surface area (Å²) in [7, 11) is -3.30. The molecule has 14 heteroatoms. The molecule has 0 aromatic carbocycles. The molecule has 3 aromatic heterocycles. The summed E-state index contributed by atoms with van der Waals surface area (Å²) >= 11 is 0. The second-order valence-electron chi connectivity index (χ2n) is 8.17. The predicted octanol–water partition coefficient (Wildman–Crippen LogP) is 2.76. The summed E-state index contributed by atoms with van der Waals surface area (Å²) in [5.74, 6) is -0.00317. The Morgan fingerprint density at radius 1 is 1.17 bits per heavy atom. The van der Waals surface area contributed by atoms with Gasteiger partial charge in [0, 0.05) is 31.5 Å². The maximum absolute atomic E-state index is 13.7. The number of aryl methyl sites for hydroxylation is 1. The number of aromatic nitrogens is 5. The molecule has 0 saturated carbocycles. The zero-order valence-corrected chi connectivity index (χ0v) is 19.6. The average molecular weight is 507 g/mol. The Hall–Kier alpha value is -3.57. The van der Waals surface area contributed by atoms with E-state index in [-0.39, 0.29) is 29.1 Å². The van der Waals surface area contributed by atoms with Crippen LogP contribution in [0.4, 0.5) is 19.1 Å². The third-order valence-electron chi connectivity index (χ3n) is 5.65. The van der Waals surface area contributed by atoms with Crippen LogP contribution in [0.5, 0.6) is 0 Å². The van der Waals surface area contributed by atoms with Crippen molar-refractivity contribution >= 4 is 16.0 Å². The van der Waals surface area contributed by atoms with Crippen molar-refractivity contribution in [3.8, 4) is 23.1 Å². The standard InChI is InChI=1S/C21H21F3N8O2S/c1-13-7-15(8-25)26-10-18(13)31-11-17(28-12-31)19-16(21(22,23)24)9-27-20(30-19)29-14-3-5-32(6-4-14)35(2,33)34/h7,9-12,14H,3-6H2,1-2H3,(H,27,29,30). The van der Waals surface area contributed by atoms with Gasteiger partial charge in [0.15, 0.2) is 0 Å². The molecule has 4 heterocycles. The lowest BCUT2D eigenvalue weighted by Gasteiger charge is -2.30. The first-order valence-corrected chi connectivity index (χ1v) is 12.4. The van der Waals surface area contributed by atoms with Crippen LogP contribution < -0.4 is 5.32 Å². The molecule has 0 unspecified atom stereocenters. The minimum atomic E-state index is -4.70. The fourth-order valence-electron chi connectivity index (χ4n) is 3.83. The van der Waals surface area contributed by atoms with Gasteiger partial charge in [-0.25, -0.2) is 32.7 Å². The van der Waals surface area contributed by atoms with Crippen molar-refractivity contribution in [3.63, 3.8) is 0 Å². The number of sulfonamides is 1. The lowest BCUT2D eigenvalue weighted by molar-refractivity contribution is -0.137. The van der Waals surface area contributed by atoms with E-state index < -0.39 is 21.8 Å². The molecule has 1 aliphatic rings. The van der Waals surface area contributed by atoms with Gasteiger partial charge in [0.25, 0.3) is 0 Å². The third kappa shape index (κ3) is 5.41. The Kier molecular flexibility index (Phi) is 6.48. The van der Waals surface area contributed by atoms with Gasteiger partial charge >= 0.3 is 6.18 Å². The molecule has 3 aromatic rings. The zero-order valence-electron chi connectivity index (χ0n) is 18.8. The van der Waals surface area contributed by atoms with E-state index in [0.717, 1.165) is 6.26 Å². The zero-order chi connectivity index (χ0) is 25.4. The summed E-state index contributed by atoms with van der Waals surface area (Å²) in [4.78, 5) is 16.1.